The quantitative estimate of drug-likeness (QED) is 0.460. The highest BCUT2D eigenvalue weighted by Gasteiger charge is 2.52. The number of esters is 4. The number of thioether (sulfide) groups is 1. The summed E-state index contributed by atoms with van der Waals surface area (Å²) in [5, 5.41) is 0. The predicted molar refractivity (Wildman–Crippen MR) is 104 cm³/mol. The normalized spacial score (nSPS) is 25.7. The second-order valence-electron chi connectivity index (χ2n) is 6.50. The predicted octanol–water partition coefficient (Wildman–Crippen LogP) is 1.86. The van der Waals surface area contributed by atoms with Crippen LogP contribution in [0.1, 0.15) is 27.7 Å². The van der Waals surface area contributed by atoms with E-state index in [-0.39, 0.29) is 6.61 Å². The average Bonchev–Trinajstić information content (AvgIpc) is 2.64. The lowest BCUT2D eigenvalue weighted by Crippen LogP contribution is -2.61. The van der Waals surface area contributed by atoms with Gasteiger partial charge in [-0.15, -0.1) is 0 Å². The van der Waals surface area contributed by atoms with Crippen LogP contribution in [-0.2, 0) is 42.9 Å². The molecule has 0 N–H and O–H groups in total. The molecule has 0 aliphatic carbocycles. The van der Waals surface area contributed by atoms with E-state index < -0.39 is 53.7 Å². The number of ether oxygens (including phenoxy) is 5. The molecule has 2 rings (SSSR count). The molecule has 0 spiro atoms. The largest absolute Gasteiger partial charge is 0.463 e. The van der Waals surface area contributed by atoms with Crippen molar-refractivity contribution < 1.29 is 42.9 Å². The third-order valence-electron chi connectivity index (χ3n) is 3.94. The highest BCUT2D eigenvalue weighted by molar-refractivity contribution is 7.99. The fourth-order valence-corrected chi connectivity index (χ4v) is 4.04. The Morgan fingerprint density at radius 2 is 1.33 bits per heavy atom. The van der Waals surface area contributed by atoms with Crippen molar-refractivity contribution in [2.24, 2.45) is 0 Å². The molecule has 0 amide bonds. The molecule has 1 heterocycles. The molecule has 164 valence electrons. The van der Waals surface area contributed by atoms with Gasteiger partial charge >= 0.3 is 23.9 Å². The van der Waals surface area contributed by atoms with Crippen LogP contribution in [0.2, 0.25) is 0 Å². The molecular formula is C20H24O9S. The number of hydrogen-bond donors (Lipinski definition) is 0. The summed E-state index contributed by atoms with van der Waals surface area (Å²) in [6, 6.07) is 9.16. The number of hydrogen-bond acceptors (Lipinski definition) is 10. The van der Waals surface area contributed by atoms with Crippen molar-refractivity contribution in [1.82, 2.24) is 0 Å². The van der Waals surface area contributed by atoms with Gasteiger partial charge < -0.3 is 23.7 Å². The van der Waals surface area contributed by atoms with Crippen LogP contribution in [0.5, 0.6) is 0 Å². The third-order valence-corrected chi connectivity index (χ3v) is 5.10. The van der Waals surface area contributed by atoms with Crippen LogP contribution < -0.4 is 0 Å². The van der Waals surface area contributed by atoms with Gasteiger partial charge in [0.25, 0.3) is 0 Å². The van der Waals surface area contributed by atoms with E-state index >= 15 is 0 Å². The number of benzene rings is 1. The van der Waals surface area contributed by atoms with Gasteiger partial charge in [-0.25, -0.2) is 0 Å². The summed E-state index contributed by atoms with van der Waals surface area (Å²) in [6.45, 7) is 4.56. The van der Waals surface area contributed by atoms with Gasteiger partial charge in [-0.3, -0.25) is 19.2 Å². The molecule has 1 saturated heterocycles. The van der Waals surface area contributed by atoms with Crippen LogP contribution >= 0.6 is 11.8 Å². The summed E-state index contributed by atoms with van der Waals surface area (Å²) in [4.78, 5) is 47.3. The first-order valence-electron chi connectivity index (χ1n) is 9.19. The number of rotatable bonds is 7. The van der Waals surface area contributed by atoms with Crippen molar-refractivity contribution >= 4 is 35.6 Å². The molecule has 9 nitrogen and oxygen atoms in total. The van der Waals surface area contributed by atoms with Gasteiger partial charge in [0.2, 0.25) is 0 Å². The molecule has 0 aromatic heterocycles. The van der Waals surface area contributed by atoms with Gasteiger partial charge in [-0.05, 0) is 12.1 Å². The zero-order valence-electron chi connectivity index (χ0n) is 17.1. The summed E-state index contributed by atoms with van der Waals surface area (Å²) >= 11 is 1.23. The fourth-order valence-electron chi connectivity index (χ4n) is 2.92. The standard InChI is InChI=1S/C20H24O9S/c1-11(21)25-10-16-17(26-12(2)22)18(27-13(3)23)19(28-14(4)24)20(29-16)30-15-8-6-5-7-9-15/h5-9,16-20H,10H2,1-4H3/t16-,17+,18-,19-,20-/m0/s1. The van der Waals surface area contributed by atoms with Crippen molar-refractivity contribution in [3.8, 4) is 0 Å². The van der Waals surface area contributed by atoms with Gasteiger partial charge in [0, 0.05) is 32.6 Å². The molecule has 1 aromatic rings. The summed E-state index contributed by atoms with van der Waals surface area (Å²) in [5.41, 5.74) is -0.826. The van der Waals surface area contributed by atoms with Crippen LogP contribution in [0, 0.1) is 0 Å². The van der Waals surface area contributed by atoms with Gasteiger partial charge in [0.1, 0.15) is 18.1 Å². The summed E-state index contributed by atoms with van der Waals surface area (Å²) in [6.07, 6.45) is -4.33. The minimum Gasteiger partial charge on any atom is -0.463 e. The molecule has 30 heavy (non-hydrogen) atoms. The number of carbonyl (C=O) groups is 4. The monoisotopic (exact) mass is 440 g/mol. The Bertz CT molecular complexity index is 767. The van der Waals surface area contributed by atoms with Crippen molar-refractivity contribution in [1.29, 1.82) is 0 Å². The first-order chi connectivity index (χ1) is 14.2. The molecule has 0 unspecified atom stereocenters. The lowest BCUT2D eigenvalue weighted by atomic mass is 9.99. The molecule has 0 radical (unpaired) electrons. The molecule has 1 aliphatic rings. The Kier molecular flexibility index (Phi) is 8.67. The highest BCUT2D eigenvalue weighted by atomic mass is 32.2. The van der Waals surface area contributed by atoms with Crippen molar-refractivity contribution in [3.63, 3.8) is 0 Å². The Hall–Kier alpha value is -2.59. The van der Waals surface area contributed by atoms with E-state index in [0.717, 1.165) is 4.90 Å². The summed E-state index contributed by atoms with van der Waals surface area (Å²) < 4.78 is 27.2. The van der Waals surface area contributed by atoms with Crippen molar-refractivity contribution in [3.05, 3.63) is 30.3 Å². The first-order valence-corrected chi connectivity index (χ1v) is 10.1. The maximum atomic E-state index is 11.8. The zero-order chi connectivity index (χ0) is 22.3. The second kappa shape index (κ2) is 11.0. The van der Waals surface area contributed by atoms with E-state index in [4.69, 9.17) is 23.7 Å². The molecular weight excluding hydrogens is 416 g/mol. The molecule has 10 heteroatoms. The SMILES string of the molecule is CC(=O)OC[C@@H]1O[C@@H](Sc2ccccc2)[C@@H](OC(C)=O)[C@@H](OC(C)=O)[C@@H]1OC(C)=O. The van der Waals surface area contributed by atoms with E-state index in [9.17, 15) is 19.2 Å². The van der Waals surface area contributed by atoms with Crippen LogP contribution in [0.3, 0.4) is 0 Å². The topological polar surface area (TPSA) is 114 Å². The average molecular weight is 440 g/mol. The van der Waals surface area contributed by atoms with E-state index in [2.05, 4.69) is 0 Å². The lowest BCUT2D eigenvalue weighted by Gasteiger charge is -2.44. The minimum atomic E-state index is -1.16. The second-order valence-corrected chi connectivity index (χ2v) is 7.67. The Morgan fingerprint density at radius 1 is 0.800 bits per heavy atom. The number of carbonyl (C=O) groups excluding carboxylic acids is 4. The fraction of sp³-hybridized carbons (Fsp3) is 0.500. The Balaban J connectivity index is 2.42. The van der Waals surface area contributed by atoms with Gasteiger partial charge in [0.05, 0.1) is 0 Å². The van der Waals surface area contributed by atoms with Crippen LogP contribution in [0.15, 0.2) is 35.2 Å². The van der Waals surface area contributed by atoms with Gasteiger partial charge in [0.15, 0.2) is 18.3 Å². The lowest BCUT2D eigenvalue weighted by molar-refractivity contribution is -0.237. The maximum Gasteiger partial charge on any atom is 0.303 e. The van der Waals surface area contributed by atoms with Crippen molar-refractivity contribution in [2.45, 2.75) is 62.4 Å². The van der Waals surface area contributed by atoms with Gasteiger partial charge in [-0.1, -0.05) is 30.0 Å². The van der Waals surface area contributed by atoms with E-state index in [1.165, 1.54) is 39.5 Å². The minimum absolute atomic E-state index is 0.246. The van der Waals surface area contributed by atoms with Crippen molar-refractivity contribution in [2.75, 3.05) is 6.61 Å². The molecule has 5 atom stereocenters. The Morgan fingerprint density at radius 3 is 1.87 bits per heavy atom. The van der Waals surface area contributed by atoms with Crippen LogP contribution in [0.4, 0.5) is 0 Å². The van der Waals surface area contributed by atoms with Gasteiger partial charge in [-0.2, -0.15) is 0 Å². The molecule has 1 aliphatic heterocycles. The molecule has 1 aromatic carbocycles. The van der Waals surface area contributed by atoms with E-state index in [1.807, 2.05) is 30.3 Å². The van der Waals surface area contributed by atoms with Crippen LogP contribution in [-0.4, -0.2) is 60.3 Å². The van der Waals surface area contributed by atoms with E-state index in [0.29, 0.717) is 0 Å². The molecule has 0 saturated carbocycles. The zero-order valence-corrected chi connectivity index (χ0v) is 17.9. The Labute approximate surface area is 178 Å². The smallest absolute Gasteiger partial charge is 0.303 e. The highest BCUT2D eigenvalue weighted by Crippen LogP contribution is 2.37. The maximum absolute atomic E-state index is 11.8. The molecule has 0 bridgehead atoms. The molecule has 1 fully saturated rings. The summed E-state index contributed by atoms with van der Waals surface area (Å²) in [5.74, 6) is -2.51. The van der Waals surface area contributed by atoms with Crippen LogP contribution in [0.25, 0.3) is 0 Å². The van der Waals surface area contributed by atoms with E-state index in [1.54, 1.807) is 0 Å². The third kappa shape index (κ3) is 7.03. The summed E-state index contributed by atoms with van der Waals surface area (Å²) in [7, 11) is 0. The first kappa shape index (κ1) is 23.7.